The van der Waals surface area contributed by atoms with Crippen LogP contribution in [-0.2, 0) is 4.43 Å². The summed E-state index contributed by atoms with van der Waals surface area (Å²) in [6.45, 7) is 2.92. The van der Waals surface area contributed by atoms with E-state index in [0.29, 0.717) is 0 Å². The van der Waals surface area contributed by atoms with Crippen molar-refractivity contribution in [3.8, 4) is 0 Å². The first-order chi connectivity index (χ1) is 3.77. The largest absolute Gasteiger partial charge is 0.413 e. The molecule has 0 N–H and O–H groups in total. The highest BCUT2D eigenvalue weighted by Gasteiger charge is 1.98. The lowest BCUT2D eigenvalue weighted by molar-refractivity contribution is 0.0849. The van der Waals surface area contributed by atoms with E-state index in [0.717, 1.165) is 0 Å². The topological polar surface area (TPSA) is 9.23 Å². The molecular weight excluding hydrogens is 130 g/mol. The number of alkyl halides is 2. The highest BCUT2D eigenvalue weighted by molar-refractivity contribution is 6.34. The molecule has 4 heteroatoms. The molecule has 0 amide bonds. The van der Waals surface area contributed by atoms with Gasteiger partial charge in [-0.05, 0) is 0 Å². The maximum absolute atomic E-state index is 11.2. The fraction of sp³-hybridized carbons (Fsp3) is 0.500. The Labute approximate surface area is 49.3 Å². The van der Waals surface area contributed by atoms with Gasteiger partial charge in [-0.25, -0.2) is 8.78 Å². The maximum atomic E-state index is 11.2. The van der Waals surface area contributed by atoms with Gasteiger partial charge >= 0.3 is 0 Å². The van der Waals surface area contributed by atoms with E-state index in [1.165, 1.54) is 0 Å². The minimum Gasteiger partial charge on any atom is -0.413 e. The van der Waals surface area contributed by atoms with Gasteiger partial charge in [0.05, 0.1) is 6.61 Å². The predicted molar refractivity (Wildman–Crippen MR) is 30.7 cm³/mol. The van der Waals surface area contributed by atoms with Crippen LogP contribution >= 0.6 is 0 Å². The van der Waals surface area contributed by atoms with Crippen molar-refractivity contribution in [3.63, 3.8) is 0 Å². The van der Waals surface area contributed by atoms with Crippen LogP contribution in [0.3, 0.4) is 0 Å². The monoisotopic (exact) mass is 138 g/mol. The number of hydrogen-bond acceptors (Lipinski definition) is 1. The lowest BCUT2D eigenvalue weighted by Crippen LogP contribution is -2.05. The standard InChI is InChI=1S/C4H8F2OSi/c1-2-8-7-3-4(5)6/h2,4H,1,3,8H2. The summed E-state index contributed by atoms with van der Waals surface area (Å²) in [5.41, 5.74) is 1.57. The van der Waals surface area contributed by atoms with Gasteiger partial charge in [-0.2, -0.15) is 0 Å². The average Bonchev–Trinajstić information content (AvgIpc) is 1.66. The molecule has 8 heavy (non-hydrogen) atoms. The minimum absolute atomic E-state index is 0.432. The summed E-state index contributed by atoms with van der Waals surface area (Å²) in [6, 6.07) is 0. The molecule has 0 bridgehead atoms. The van der Waals surface area contributed by atoms with Crippen molar-refractivity contribution in [2.45, 2.75) is 6.43 Å². The first kappa shape index (κ1) is 7.78. The van der Waals surface area contributed by atoms with E-state index in [4.69, 9.17) is 0 Å². The van der Waals surface area contributed by atoms with Crippen LogP contribution in [0.15, 0.2) is 12.3 Å². The highest BCUT2D eigenvalue weighted by atomic mass is 28.2. The third-order valence-corrected chi connectivity index (χ3v) is 1.19. The molecule has 0 unspecified atom stereocenters. The molecule has 1 nitrogen and oxygen atoms in total. The van der Waals surface area contributed by atoms with Crippen molar-refractivity contribution in [1.29, 1.82) is 0 Å². The molecule has 0 saturated carbocycles. The summed E-state index contributed by atoms with van der Waals surface area (Å²) in [6.07, 6.45) is -2.33. The van der Waals surface area contributed by atoms with E-state index >= 15 is 0 Å². The SMILES string of the molecule is C=C[SiH2]OCC(F)F. The third kappa shape index (κ3) is 5.78. The maximum Gasteiger partial charge on any atom is 0.260 e. The molecule has 0 saturated heterocycles. The van der Waals surface area contributed by atoms with Gasteiger partial charge in [-0.3, -0.25) is 0 Å². The summed E-state index contributed by atoms with van der Waals surface area (Å²) < 4.78 is 27.0. The molecule has 0 aromatic heterocycles. The van der Waals surface area contributed by atoms with E-state index in [1.54, 1.807) is 5.70 Å². The number of halogens is 2. The lowest BCUT2D eigenvalue weighted by Gasteiger charge is -1.96. The second-order valence-electron chi connectivity index (χ2n) is 1.22. The molecule has 0 atom stereocenters. The molecule has 48 valence electrons. The molecular formula is C4H8F2OSi. The Morgan fingerprint density at radius 1 is 1.75 bits per heavy atom. The van der Waals surface area contributed by atoms with Crippen molar-refractivity contribution in [3.05, 3.63) is 12.3 Å². The van der Waals surface area contributed by atoms with E-state index in [-0.39, 0.29) is 0 Å². The summed E-state index contributed by atoms with van der Waals surface area (Å²) in [5, 5.41) is 0. The van der Waals surface area contributed by atoms with Crippen molar-refractivity contribution < 1.29 is 13.2 Å². The van der Waals surface area contributed by atoms with Gasteiger partial charge in [0.1, 0.15) is 0 Å². The van der Waals surface area contributed by atoms with E-state index in [9.17, 15) is 8.78 Å². The smallest absolute Gasteiger partial charge is 0.260 e. The molecule has 0 rings (SSSR count). The van der Waals surface area contributed by atoms with Gasteiger partial charge in [0.15, 0.2) is 9.76 Å². The summed E-state index contributed by atoms with van der Waals surface area (Å²) in [4.78, 5) is 0. The third-order valence-electron chi connectivity index (χ3n) is 0.480. The van der Waals surface area contributed by atoms with Crippen LogP contribution in [0.5, 0.6) is 0 Å². The highest BCUT2D eigenvalue weighted by Crippen LogP contribution is 1.90. The van der Waals surface area contributed by atoms with Crippen molar-refractivity contribution in [2.75, 3.05) is 6.61 Å². The number of rotatable bonds is 4. The van der Waals surface area contributed by atoms with Gasteiger partial charge in [0.2, 0.25) is 0 Å². The van der Waals surface area contributed by atoms with Crippen LogP contribution < -0.4 is 0 Å². The van der Waals surface area contributed by atoms with Crippen molar-refractivity contribution >= 4 is 9.76 Å². The van der Waals surface area contributed by atoms with Crippen molar-refractivity contribution in [1.82, 2.24) is 0 Å². The van der Waals surface area contributed by atoms with Gasteiger partial charge in [-0.1, -0.05) is 5.70 Å². The minimum atomic E-state index is -2.33. The van der Waals surface area contributed by atoms with Gasteiger partial charge in [0.25, 0.3) is 6.43 Å². The Balaban J connectivity index is 2.81. The Morgan fingerprint density at radius 3 is 2.75 bits per heavy atom. The Hall–Kier alpha value is -0.223. The predicted octanol–water partition coefficient (Wildman–Crippen LogP) is 0.495. The second kappa shape index (κ2) is 4.92. The second-order valence-corrected chi connectivity index (χ2v) is 2.54. The zero-order chi connectivity index (χ0) is 6.41. The first-order valence-corrected chi connectivity index (χ1v) is 3.63. The fourth-order valence-electron chi connectivity index (χ4n) is 0.240. The van der Waals surface area contributed by atoms with Crippen LogP contribution in [0.25, 0.3) is 0 Å². The molecule has 0 heterocycles. The van der Waals surface area contributed by atoms with Crippen LogP contribution in [0, 0.1) is 0 Å². The van der Waals surface area contributed by atoms with Crippen LogP contribution in [0.2, 0.25) is 0 Å². The Kier molecular flexibility index (Phi) is 4.79. The van der Waals surface area contributed by atoms with Crippen LogP contribution in [0.1, 0.15) is 0 Å². The normalized spacial score (nSPS) is 11.4. The molecule has 0 aromatic rings. The Bertz CT molecular complexity index is 67.1. The lowest BCUT2D eigenvalue weighted by atomic mass is 10.8. The van der Waals surface area contributed by atoms with Crippen LogP contribution in [0.4, 0.5) is 8.78 Å². The van der Waals surface area contributed by atoms with Crippen LogP contribution in [-0.4, -0.2) is 22.8 Å². The van der Waals surface area contributed by atoms with Gasteiger partial charge in [-0.15, -0.1) is 6.58 Å². The van der Waals surface area contributed by atoms with Gasteiger partial charge < -0.3 is 4.43 Å². The van der Waals surface area contributed by atoms with E-state index in [1.807, 2.05) is 0 Å². The molecule has 0 spiro atoms. The Morgan fingerprint density at radius 2 is 2.38 bits per heavy atom. The van der Waals surface area contributed by atoms with E-state index < -0.39 is 22.8 Å². The summed E-state index contributed by atoms with van der Waals surface area (Å²) in [5.74, 6) is 0. The molecule has 0 radical (unpaired) electrons. The molecule has 0 aromatic carbocycles. The zero-order valence-electron chi connectivity index (χ0n) is 4.44. The molecule has 0 aliphatic carbocycles. The molecule has 0 fully saturated rings. The quantitative estimate of drug-likeness (QED) is 0.406. The average molecular weight is 138 g/mol. The van der Waals surface area contributed by atoms with Crippen molar-refractivity contribution in [2.24, 2.45) is 0 Å². The molecule has 0 aliphatic heterocycles. The van der Waals surface area contributed by atoms with Gasteiger partial charge in [0, 0.05) is 0 Å². The summed E-state index contributed by atoms with van der Waals surface area (Å²) >= 11 is 0. The number of hydrogen-bond donors (Lipinski definition) is 0. The fourth-order valence-corrected chi connectivity index (χ4v) is 0.721. The zero-order valence-corrected chi connectivity index (χ0v) is 5.85. The first-order valence-electron chi connectivity index (χ1n) is 2.24. The summed E-state index contributed by atoms with van der Waals surface area (Å²) in [7, 11) is -0.837. The van der Waals surface area contributed by atoms with E-state index in [2.05, 4.69) is 11.0 Å². The molecule has 0 aliphatic rings.